The monoisotopic (exact) mass is 443 g/mol. The van der Waals surface area contributed by atoms with Crippen LogP contribution in [-0.4, -0.2) is 30.8 Å². The van der Waals surface area contributed by atoms with E-state index >= 15 is 0 Å². The van der Waals surface area contributed by atoms with Crippen LogP contribution in [0, 0.1) is 0 Å². The van der Waals surface area contributed by atoms with E-state index in [0.29, 0.717) is 16.3 Å². The SMILES string of the molecule is CC(NC(=O)CSc1nnc2n(C)c(=O)c3ccccc3n12)c1ccc2ccccc2c1. The number of nitrogens with zero attached hydrogens (tertiary/aromatic N) is 4. The van der Waals surface area contributed by atoms with Crippen molar-refractivity contribution in [3.8, 4) is 0 Å². The number of fused-ring (bicyclic) bond motifs is 4. The molecule has 1 N–H and O–H groups in total. The van der Waals surface area contributed by atoms with E-state index in [2.05, 4.69) is 39.8 Å². The first-order chi connectivity index (χ1) is 15.5. The molecule has 0 bridgehead atoms. The summed E-state index contributed by atoms with van der Waals surface area (Å²) in [6.07, 6.45) is 0. The molecule has 5 rings (SSSR count). The van der Waals surface area contributed by atoms with Crippen molar-refractivity contribution in [2.75, 3.05) is 5.75 Å². The van der Waals surface area contributed by atoms with Gasteiger partial charge in [-0.2, -0.15) is 0 Å². The third-order valence-electron chi connectivity index (χ3n) is 5.58. The molecule has 2 aromatic heterocycles. The van der Waals surface area contributed by atoms with Gasteiger partial charge >= 0.3 is 0 Å². The van der Waals surface area contributed by atoms with Crippen molar-refractivity contribution in [1.29, 1.82) is 0 Å². The zero-order valence-electron chi connectivity index (χ0n) is 17.6. The molecule has 5 aromatic rings. The Hall–Kier alpha value is -3.65. The van der Waals surface area contributed by atoms with Gasteiger partial charge in [-0.15, -0.1) is 10.2 Å². The number of hydrogen-bond acceptors (Lipinski definition) is 5. The molecule has 2 heterocycles. The molecule has 0 aliphatic rings. The first-order valence-electron chi connectivity index (χ1n) is 10.3. The quantitative estimate of drug-likeness (QED) is 0.419. The fourth-order valence-electron chi connectivity index (χ4n) is 3.88. The second-order valence-corrected chi connectivity index (χ2v) is 8.63. The molecule has 7 nitrogen and oxygen atoms in total. The Bertz CT molecular complexity index is 1540. The maximum absolute atomic E-state index is 12.7. The van der Waals surface area contributed by atoms with E-state index in [-0.39, 0.29) is 23.3 Å². The highest BCUT2D eigenvalue weighted by molar-refractivity contribution is 7.99. The van der Waals surface area contributed by atoms with Gasteiger partial charge in [-0.25, -0.2) is 0 Å². The summed E-state index contributed by atoms with van der Waals surface area (Å²) in [5.74, 6) is 0.540. The van der Waals surface area contributed by atoms with Gasteiger partial charge in [0.2, 0.25) is 11.7 Å². The second kappa shape index (κ2) is 8.12. The van der Waals surface area contributed by atoms with Crippen molar-refractivity contribution in [1.82, 2.24) is 24.5 Å². The number of aromatic nitrogens is 4. The van der Waals surface area contributed by atoms with E-state index in [1.165, 1.54) is 21.7 Å². The summed E-state index contributed by atoms with van der Waals surface area (Å²) >= 11 is 1.30. The summed E-state index contributed by atoms with van der Waals surface area (Å²) in [4.78, 5) is 25.2. The number of carbonyl (C=O) groups is 1. The summed E-state index contributed by atoms with van der Waals surface area (Å²) in [7, 11) is 1.67. The van der Waals surface area contributed by atoms with Crippen molar-refractivity contribution < 1.29 is 4.79 Å². The molecule has 32 heavy (non-hydrogen) atoms. The lowest BCUT2D eigenvalue weighted by molar-refractivity contribution is -0.119. The van der Waals surface area contributed by atoms with Crippen LogP contribution in [0.15, 0.2) is 76.7 Å². The predicted molar refractivity (Wildman–Crippen MR) is 127 cm³/mol. The van der Waals surface area contributed by atoms with E-state index in [1.54, 1.807) is 13.1 Å². The number of amides is 1. The van der Waals surface area contributed by atoms with Crippen LogP contribution in [0.5, 0.6) is 0 Å². The van der Waals surface area contributed by atoms with E-state index in [4.69, 9.17) is 0 Å². The minimum absolute atomic E-state index is 0.0958. The topological polar surface area (TPSA) is 81.3 Å². The van der Waals surface area contributed by atoms with E-state index in [1.807, 2.05) is 47.7 Å². The zero-order valence-corrected chi connectivity index (χ0v) is 18.5. The number of nitrogens with one attached hydrogen (secondary N) is 1. The van der Waals surface area contributed by atoms with Crippen LogP contribution in [0.2, 0.25) is 0 Å². The Morgan fingerprint density at radius 1 is 1.03 bits per heavy atom. The Morgan fingerprint density at radius 2 is 1.78 bits per heavy atom. The number of para-hydroxylation sites is 1. The van der Waals surface area contributed by atoms with Gasteiger partial charge in [-0.1, -0.05) is 60.3 Å². The highest BCUT2D eigenvalue weighted by atomic mass is 32.2. The standard InChI is InChI=1S/C24H21N5O2S/c1-15(17-12-11-16-7-3-4-8-18(16)13-17)25-21(30)14-32-24-27-26-23-28(2)22(31)19-9-5-6-10-20(19)29(23)24/h3-13,15H,14H2,1-2H3,(H,25,30). The van der Waals surface area contributed by atoms with Gasteiger partial charge in [0, 0.05) is 7.05 Å². The number of carbonyl (C=O) groups excluding carboxylic acids is 1. The fourth-order valence-corrected chi connectivity index (χ4v) is 4.63. The Labute approximate surface area is 188 Å². The fraction of sp³-hybridized carbons (Fsp3) is 0.167. The van der Waals surface area contributed by atoms with Gasteiger partial charge in [0.1, 0.15) is 0 Å². The third-order valence-corrected chi connectivity index (χ3v) is 6.51. The van der Waals surface area contributed by atoms with Crippen molar-refractivity contribution in [2.24, 2.45) is 7.05 Å². The first-order valence-corrected chi connectivity index (χ1v) is 11.3. The Kier molecular flexibility index (Phi) is 5.14. The molecular formula is C24H21N5O2S. The van der Waals surface area contributed by atoms with Crippen LogP contribution in [0.1, 0.15) is 18.5 Å². The lowest BCUT2D eigenvalue weighted by atomic mass is 10.0. The van der Waals surface area contributed by atoms with E-state index in [9.17, 15) is 9.59 Å². The summed E-state index contributed by atoms with van der Waals surface area (Å²) in [5.41, 5.74) is 1.65. The van der Waals surface area contributed by atoms with Crippen LogP contribution in [0.25, 0.3) is 27.5 Å². The van der Waals surface area contributed by atoms with E-state index in [0.717, 1.165) is 16.5 Å². The normalized spacial score (nSPS) is 12.4. The summed E-state index contributed by atoms with van der Waals surface area (Å²) < 4.78 is 3.29. The highest BCUT2D eigenvalue weighted by Crippen LogP contribution is 2.23. The number of thioether (sulfide) groups is 1. The van der Waals surface area contributed by atoms with Crippen LogP contribution >= 0.6 is 11.8 Å². The zero-order chi connectivity index (χ0) is 22.2. The molecule has 3 aromatic carbocycles. The molecule has 8 heteroatoms. The Balaban J connectivity index is 1.35. The third kappa shape index (κ3) is 3.52. The van der Waals surface area contributed by atoms with Gasteiger partial charge in [-0.3, -0.25) is 18.6 Å². The maximum Gasteiger partial charge on any atom is 0.262 e. The van der Waals surface area contributed by atoms with Gasteiger partial charge in [0.15, 0.2) is 5.16 Å². The molecule has 0 saturated heterocycles. The molecule has 0 radical (unpaired) electrons. The van der Waals surface area contributed by atoms with Crippen LogP contribution in [0.4, 0.5) is 0 Å². The molecular weight excluding hydrogens is 422 g/mol. The molecule has 0 fully saturated rings. The highest BCUT2D eigenvalue weighted by Gasteiger charge is 2.17. The smallest absolute Gasteiger partial charge is 0.262 e. The summed E-state index contributed by atoms with van der Waals surface area (Å²) in [6.45, 7) is 1.97. The molecule has 0 aliphatic carbocycles. The van der Waals surface area contributed by atoms with Gasteiger partial charge in [-0.05, 0) is 41.5 Å². The molecule has 0 saturated carbocycles. The number of rotatable bonds is 5. The average molecular weight is 444 g/mol. The van der Waals surface area contributed by atoms with Crippen LogP contribution in [0.3, 0.4) is 0 Å². The largest absolute Gasteiger partial charge is 0.349 e. The number of hydrogen-bond donors (Lipinski definition) is 1. The molecule has 1 atom stereocenters. The molecule has 1 amide bonds. The summed E-state index contributed by atoms with van der Waals surface area (Å²) in [6, 6.07) is 21.6. The maximum atomic E-state index is 12.7. The van der Waals surface area contributed by atoms with Crippen molar-refractivity contribution in [3.63, 3.8) is 0 Å². The lowest BCUT2D eigenvalue weighted by Crippen LogP contribution is -2.28. The Morgan fingerprint density at radius 3 is 2.62 bits per heavy atom. The van der Waals surface area contributed by atoms with Crippen LogP contribution in [-0.2, 0) is 11.8 Å². The van der Waals surface area contributed by atoms with Gasteiger partial charge in [0.25, 0.3) is 5.56 Å². The minimum atomic E-state index is -0.126. The number of aryl methyl sites for hydroxylation is 1. The number of benzene rings is 3. The lowest BCUT2D eigenvalue weighted by Gasteiger charge is -2.15. The van der Waals surface area contributed by atoms with Crippen LogP contribution < -0.4 is 10.9 Å². The molecule has 0 aliphatic heterocycles. The van der Waals surface area contributed by atoms with Gasteiger partial charge in [0.05, 0.1) is 22.7 Å². The molecule has 0 spiro atoms. The first kappa shape index (κ1) is 20.3. The summed E-state index contributed by atoms with van der Waals surface area (Å²) in [5, 5.41) is 14.9. The predicted octanol–water partition coefficient (Wildman–Crippen LogP) is 3.70. The molecule has 1 unspecified atom stereocenters. The average Bonchev–Trinajstić information content (AvgIpc) is 3.25. The van der Waals surface area contributed by atoms with Crippen molar-refractivity contribution in [2.45, 2.75) is 18.1 Å². The minimum Gasteiger partial charge on any atom is -0.349 e. The molecule has 160 valence electrons. The van der Waals surface area contributed by atoms with E-state index < -0.39 is 0 Å². The van der Waals surface area contributed by atoms with Crippen molar-refractivity contribution >= 4 is 45.1 Å². The van der Waals surface area contributed by atoms with Gasteiger partial charge < -0.3 is 5.32 Å². The van der Waals surface area contributed by atoms with Crippen molar-refractivity contribution in [3.05, 3.63) is 82.6 Å². The second-order valence-electron chi connectivity index (χ2n) is 7.68.